The van der Waals surface area contributed by atoms with Crippen molar-refractivity contribution in [2.24, 2.45) is 0 Å². The first-order chi connectivity index (χ1) is 17.7. The molecule has 0 aliphatic carbocycles. The number of hydrogen-bond acceptors (Lipinski definition) is 8. The predicted molar refractivity (Wildman–Crippen MR) is 144 cm³/mol. The number of carbonyl (C=O) groups excluding carboxylic acids is 2. The average molecular weight is 547 g/mol. The summed E-state index contributed by atoms with van der Waals surface area (Å²) in [5, 5.41) is 11.7. The summed E-state index contributed by atoms with van der Waals surface area (Å²) in [6, 6.07) is 13.7. The Morgan fingerprint density at radius 3 is 2.46 bits per heavy atom. The maximum atomic E-state index is 12.9. The van der Waals surface area contributed by atoms with Crippen molar-refractivity contribution in [2.75, 3.05) is 23.0 Å². The van der Waals surface area contributed by atoms with Gasteiger partial charge in [-0.05, 0) is 43.2 Å². The minimum atomic E-state index is -3.32. The lowest BCUT2D eigenvalue weighted by Gasteiger charge is -2.28. The molecule has 0 fully saturated rings. The highest BCUT2D eigenvalue weighted by Crippen LogP contribution is 2.33. The van der Waals surface area contributed by atoms with Crippen LogP contribution in [0.4, 0.5) is 28.8 Å². The lowest BCUT2D eigenvalue weighted by Crippen LogP contribution is -2.43. The van der Waals surface area contributed by atoms with Crippen LogP contribution in [0.1, 0.15) is 37.0 Å². The second kappa shape index (κ2) is 12.6. The Labute approximate surface area is 220 Å². The third kappa shape index (κ3) is 7.05. The molecule has 196 valence electrons. The molecule has 2 aromatic carbocycles. The Bertz CT molecular complexity index is 1300. The van der Waals surface area contributed by atoms with Crippen LogP contribution in [-0.2, 0) is 13.9 Å². The fourth-order valence-corrected chi connectivity index (χ4v) is 4.40. The van der Waals surface area contributed by atoms with Crippen molar-refractivity contribution in [2.45, 2.75) is 32.3 Å². The van der Waals surface area contributed by atoms with Crippen LogP contribution in [0, 0.1) is 0 Å². The average Bonchev–Trinajstić information content (AvgIpc) is 2.89. The summed E-state index contributed by atoms with van der Waals surface area (Å²) in [5.41, 5.74) is 0.518. The summed E-state index contributed by atoms with van der Waals surface area (Å²) >= 11 is 6.29. The van der Waals surface area contributed by atoms with Gasteiger partial charge in [-0.3, -0.25) is 18.7 Å². The summed E-state index contributed by atoms with van der Waals surface area (Å²) in [7, 11) is -1.77. The van der Waals surface area contributed by atoms with Crippen LogP contribution in [-0.4, -0.2) is 39.3 Å². The van der Waals surface area contributed by atoms with E-state index >= 15 is 0 Å². The Morgan fingerprint density at radius 1 is 1.08 bits per heavy atom. The molecule has 1 heterocycles. The number of aromatic nitrogens is 2. The molecule has 0 aliphatic heterocycles. The molecule has 1 unspecified atom stereocenters. The van der Waals surface area contributed by atoms with Gasteiger partial charge in [-0.1, -0.05) is 43.6 Å². The lowest BCUT2D eigenvalue weighted by molar-refractivity contribution is -0.132. The number of nitrogens with zero attached hydrogens (tertiary/aromatic N) is 2. The van der Waals surface area contributed by atoms with Gasteiger partial charge < -0.3 is 26.2 Å². The Kier molecular flexibility index (Phi) is 9.60. The molecule has 0 saturated carbocycles. The minimum Gasteiger partial charge on any atom is -0.355 e. The highest BCUT2D eigenvalue weighted by Gasteiger charge is 2.37. The van der Waals surface area contributed by atoms with Crippen LogP contribution >= 0.6 is 19.9 Å². The van der Waals surface area contributed by atoms with Gasteiger partial charge in [0.05, 0.1) is 17.4 Å². The third-order valence-electron chi connectivity index (χ3n) is 5.61. The summed E-state index contributed by atoms with van der Waals surface area (Å²) in [5.74, 6) is -0.290. The van der Waals surface area contributed by atoms with Gasteiger partial charge in [-0.2, -0.15) is 4.98 Å². The van der Waals surface area contributed by atoms with E-state index in [1.807, 2.05) is 0 Å². The van der Waals surface area contributed by atoms with Gasteiger partial charge in [0.2, 0.25) is 5.95 Å². The number of nitrogens with one attached hydrogen (secondary N) is 4. The minimum absolute atomic E-state index is 0.214. The van der Waals surface area contributed by atoms with Crippen LogP contribution in [0.2, 0.25) is 5.02 Å². The zero-order chi connectivity index (χ0) is 27.0. The molecule has 1 aromatic heterocycles. The van der Waals surface area contributed by atoms with Gasteiger partial charge in [0.15, 0.2) is 11.4 Å². The number of para-hydroxylation sites is 1. The maximum absolute atomic E-state index is 12.9. The Hall–Kier alpha value is -3.50. The first-order valence-electron chi connectivity index (χ1n) is 11.4. The molecule has 3 rings (SSSR count). The number of anilines is 5. The standard InChI is InChI=1S/C24H28ClN6O5P/c1-4-24(5-2,36-37(34)35)22(33)28-15-9-8-10-16(13-15)29-23-27-14-18(25)20(31-23)30-19-12-7-6-11-17(19)21(32)26-3/h6-14,37H,4-5H2,1-3H3,(H,26,32)(H,28,33)(H,34,35)(H2,27,29,30,31). The molecule has 1 atom stereocenters. The number of amides is 2. The first-order valence-corrected chi connectivity index (χ1v) is 13.1. The number of benzene rings is 2. The summed E-state index contributed by atoms with van der Waals surface area (Å²) in [6.07, 6.45) is 1.86. The predicted octanol–water partition coefficient (Wildman–Crippen LogP) is 4.87. The second-order valence-electron chi connectivity index (χ2n) is 7.87. The lowest BCUT2D eigenvalue weighted by atomic mass is 9.96. The molecule has 3 aromatic rings. The van der Waals surface area contributed by atoms with E-state index in [1.54, 1.807) is 69.4 Å². The molecule has 0 radical (unpaired) electrons. The highest BCUT2D eigenvalue weighted by atomic mass is 35.5. The Morgan fingerprint density at radius 2 is 1.78 bits per heavy atom. The monoisotopic (exact) mass is 546 g/mol. The molecule has 11 nitrogen and oxygen atoms in total. The number of halogens is 1. The van der Waals surface area contributed by atoms with E-state index in [4.69, 9.17) is 16.1 Å². The smallest absolute Gasteiger partial charge is 0.317 e. The van der Waals surface area contributed by atoms with Gasteiger partial charge in [0, 0.05) is 18.4 Å². The molecule has 5 N–H and O–H groups in total. The zero-order valence-corrected chi connectivity index (χ0v) is 22.2. The molecule has 0 aliphatic rings. The van der Waals surface area contributed by atoms with Crippen molar-refractivity contribution < 1.29 is 23.6 Å². The normalized spacial score (nSPS) is 11.9. The van der Waals surface area contributed by atoms with Crippen molar-refractivity contribution in [1.82, 2.24) is 15.3 Å². The second-order valence-corrected chi connectivity index (χ2v) is 9.01. The summed E-state index contributed by atoms with van der Waals surface area (Å²) < 4.78 is 16.4. The van der Waals surface area contributed by atoms with Crippen LogP contribution in [0.25, 0.3) is 0 Å². The van der Waals surface area contributed by atoms with Crippen molar-refractivity contribution in [3.63, 3.8) is 0 Å². The van der Waals surface area contributed by atoms with Gasteiger partial charge in [-0.15, -0.1) is 0 Å². The highest BCUT2D eigenvalue weighted by molar-refractivity contribution is 7.32. The topological polar surface area (TPSA) is 155 Å². The van der Waals surface area contributed by atoms with Crippen LogP contribution < -0.4 is 21.3 Å². The van der Waals surface area contributed by atoms with Gasteiger partial charge in [-0.25, -0.2) is 4.98 Å². The van der Waals surface area contributed by atoms with Gasteiger partial charge >= 0.3 is 8.25 Å². The quantitative estimate of drug-likeness (QED) is 0.212. The van der Waals surface area contributed by atoms with Gasteiger partial charge in [0.25, 0.3) is 11.8 Å². The molecule has 0 spiro atoms. The Balaban J connectivity index is 1.80. The van der Waals surface area contributed by atoms with Crippen LogP contribution in [0.3, 0.4) is 0 Å². The molecule has 13 heteroatoms. The van der Waals surface area contributed by atoms with E-state index in [9.17, 15) is 19.0 Å². The van der Waals surface area contributed by atoms with E-state index in [0.29, 0.717) is 22.6 Å². The van der Waals surface area contributed by atoms with E-state index in [2.05, 4.69) is 31.2 Å². The largest absolute Gasteiger partial charge is 0.355 e. The summed E-state index contributed by atoms with van der Waals surface area (Å²) in [4.78, 5) is 42.9. The fraction of sp³-hybridized carbons (Fsp3) is 0.250. The maximum Gasteiger partial charge on any atom is 0.317 e. The number of rotatable bonds is 11. The van der Waals surface area contributed by atoms with E-state index < -0.39 is 19.8 Å². The molecule has 0 saturated heterocycles. The molecule has 37 heavy (non-hydrogen) atoms. The van der Waals surface area contributed by atoms with Crippen molar-refractivity contribution in [3.05, 3.63) is 65.3 Å². The SMILES string of the molecule is CCC(CC)(O[PH](=O)O)C(=O)Nc1cccc(Nc2ncc(Cl)c(Nc3ccccc3C(=O)NC)n2)c1. The van der Waals surface area contributed by atoms with Crippen LogP contribution in [0.5, 0.6) is 0 Å². The molecular weight excluding hydrogens is 519 g/mol. The van der Waals surface area contributed by atoms with E-state index in [-0.39, 0.29) is 35.5 Å². The molecule has 2 amide bonds. The van der Waals surface area contributed by atoms with Crippen LogP contribution in [0.15, 0.2) is 54.7 Å². The third-order valence-corrected chi connectivity index (χ3v) is 6.45. The first kappa shape index (κ1) is 28.1. The molecular formula is C24H28ClN6O5P. The van der Waals surface area contributed by atoms with E-state index in [0.717, 1.165) is 0 Å². The van der Waals surface area contributed by atoms with Crippen molar-refractivity contribution >= 4 is 60.5 Å². The van der Waals surface area contributed by atoms with Gasteiger partial charge in [0.1, 0.15) is 5.02 Å². The van der Waals surface area contributed by atoms with E-state index in [1.165, 1.54) is 6.20 Å². The number of carbonyl (C=O) groups is 2. The van der Waals surface area contributed by atoms with Crippen molar-refractivity contribution in [3.8, 4) is 0 Å². The zero-order valence-electron chi connectivity index (χ0n) is 20.5. The van der Waals surface area contributed by atoms with Crippen molar-refractivity contribution in [1.29, 1.82) is 0 Å². The fourth-order valence-electron chi connectivity index (χ4n) is 3.55. The molecule has 0 bridgehead atoms. The summed E-state index contributed by atoms with van der Waals surface area (Å²) in [6.45, 7) is 3.42. The number of hydrogen-bond donors (Lipinski definition) is 5.